The molecule has 1 heterocycles. The number of hydrogen-bond acceptors (Lipinski definition) is 3. The molecule has 3 heteroatoms. The summed E-state index contributed by atoms with van der Waals surface area (Å²) < 4.78 is 0. The molecule has 1 aliphatic heterocycles. The Balaban J connectivity index is 2.66. The Morgan fingerprint density at radius 1 is 1.28 bits per heavy atom. The van der Waals surface area contributed by atoms with E-state index >= 15 is 0 Å². The van der Waals surface area contributed by atoms with Crippen LogP contribution in [-0.4, -0.2) is 24.0 Å². The molecule has 0 aromatic heterocycles. The smallest absolute Gasteiger partial charge is 0.0736 e. The van der Waals surface area contributed by atoms with Gasteiger partial charge in [-0.15, -0.1) is 0 Å². The summed E-state index contributed by atoms with van der Waals surface area (Å²) in [6, 6.07) is 4.24. The largest absolute Gasteiger partial charge is 0.411 e. The molecule has 96 valence electrons. The number of allylic oxidation sites excluding steroid dienone is 1. The normalized spacial score (nSPS) is 17.8. The lowest BCUT2D eigenvalue weighted by molar-refractivity contribution is 0.322. The quantitative estimate of drug-likeness (QED) is 0.466. The van der Waals surface area contributed by atoms with Crippen molar-refractivity contribution in [1.82, 2.24) is 0 Å². The Bertz CT molecular complexity index is 542. The predicted molar refractivity (Wildman–Crippen MR) is 76.7 cm³/mol. The fourth-order valence-corrected chi connectivity index (χ4v) is 2.52. The molecule has 1 aliphatic rings. The van der Waals surface area contributed by atoms with Gasteiger partial charge < -0.3 is 10.1 Å². The highest BCUT2D eigenvalue weighted by atomic mass is 16.4. The molecule has 0 bridgehead atoms. The van der Waals surface area contributed by atoms with Crippen LogP contribution in [0, 0.1) is 6.92 Å². The standard InChI is InChI=1S/C15H20N2O/c1-10-6-14-13(7-12(10)9-16-18)11(2)8-15(3,4)17(14)5/h6-9,18H,1-5H3/b16-9-. The molecule has 18 heavy (non-hydrogen) atoms. The minimum Gasteiger partial charge on any atom is -0.411 e. The number of benzene rings is 1. The summed E-state index contributed by atoms with van der Waals surface area (Å²) in [6.07, 6.45) is 3.76. The van der Waals surface area contributed by atoms with Gasteiger partial charge in [0.25, 0.3) is 0 Å². The van der Waals surface area contributed by atoms with E-state index in [0.29, 0.717) is 0 Å². The Morgan fingerprint density at radius 3 is 2.56 bits per heavy atom. The zero-order valence-electron chi connectivity index (χ0n) is 11.7. The van der Waals surface area contributed by atoms with Crippen molar-refractivity contribution in [2.45, 2.75) is 33.2 Å². The van der Waals surface area contributed by atoms with Gasteiger partial charge in [-0.05, 0) is 56.5 Å². The molecule has 0 saturated heterocycles. The molecule has 0 aliphatic carbocycles. The lowest BCUT2D eigenvalue weighted by Crippen LogP contribution is -2.42. The molecule has 0 saturated carbocycles. The Hall–Kier alpha value is -1.77. The van der Waals surface area contributed by atoms with Gasteiger partial charge in [-0.3, -0.25) is 0 Å². The predicted octanol–water partition coefficient (Wildman–Crippen LogP) is 3.43. The summed E-state index contributed by atoms with van der Waals surface area (Å²) in [5.74, 6) is 0. The molecule has 1 N–H and O–H groups in total. The van der Waals surface area contributed by atoms with Gasteiger partial charge in [0.1, 0.15) is 0 Å². The van der Waals surface area contributed by atoms with Gasteiger partial charge in [-0.1, -0.05) is 11.2 Å². The van der Waals surface area contributed by atoms with Crippen molar-refractivity contribution in [2.75, 3.05) is 11.9 Å². The first kappa shape index (κ1) is 12.7. The van der Waals surface area contributed by atoms with Gasteiger partial charge in [0.05, 0.1) is 11.8 Å². The number of nitrogens with zero attached hydrogens (tertiary/aromatic N) is 2. The first-order valence-electron chi connectivity index (χ1n) is 6.12. The van der Waals surface area contributed by atoms with E-state index in [0.717, 1.165) is 11.1 Å². The molecular formula is C15H20N2O. The van der Waals surface area contributed by atoms with E-state index in [-0.39, 0.29) is 5.54 Å². The van der Waals surface area contributed by atoms with E-state index in [4.69, 9.17) is 5.21 Å². The summed E-state index contributed by atoms with van der Waals surface area (Å²) >= 11 is 0. The highest BCUT2D eigenvalue weighted by Gasteiger charge is 2.28. The van der Waals surface area contributed by atoms with Crippen LogP contribution in [0.2, 0.25) is 0 Å². The molecular weight excluding hydrogens is 224 g/mol. The SMILES string of the molecule is CC1=CC(C)(C)N(C)c2cc(C)c(/C=N\O)cc21. The zero-order chi connectivity index (χ0) is 13.5. The number of anilines is 1. The zero-order valence-corrected chi connectivity index (χ0v) is 11.7. The van der Waals surface area contributed by atoms with Gasteiger partial charge >= 0.3 is 0 Å². The van der Waals surface area contributed by atoms with Crippen LogP contribution < -0.4 is 4.90 Å². The fraction of sp³-hybridized carbons (Fsp3) is 0.400. The molecule has 0 spiro atoms. The second-order valence-electron chi connectivity index (χ2n) is 5.51. The minimum absolute atomic E-state index is 0.0239. The number of hydrogen-bond donors (Lipinski definition) is 1. The number of likely N-dealkylation sites (N-methyl/N-ethyl adjacent to an activating group) is 1. The maximum absolute atomic E-state index is 8.69. The first-order chi connectivity index (χ1) is 8.36. The molecule has 2 rings (SSSR count). The van der Waals surface area contributed by atoms with E-state index in [2.05, 4.69) is 56.1 Å². The fourth-order valence-electron chi connectivity index (χ4n) is 2.52. The van der Waals surface area contributed by atoms with Crippen LogP contribution in [0.3, 0.4) is 0 Å². The van der Waals surface area contributed by atoms with E-state index in [9.17, 15) is 0 Å². The number of oxime groups is 1. The van der Waals surface area contributed by atoms with Crippen molar-refractivity contribution in [3.63, 3.8) is 0 Å². The average Bonchev–Trinajstić information content (AvgIpc) is 2.28. The molecule has 1 aromatic carbocycles. The summed E-state index contributed by atoms with van der Waals surface area (Å²) in [4.78, 5) is 2.28. The molecule has 0 fully saturated rings. The molecule has 0 amide bonds. The van der Waals surface area contributed by atoms with Gasteiger partial charge in [-0.2, -0.15) is 0 Å². The Labute approximate surface area is 108 Å². The van der Waals surface area contributed by atoms with Gasteiger partial charge in [-0.25, -0.2) is 0 Å². The minimum atomic E-state index is 0.0239. The summed E-state index contributed by atoms with van der Waals surface area (Å²) in [6.45, 7) is 8.57. The van der Waals surface area contributed by atoms with Crippen molar-refractivity contribution in [3.8, 4) is 0 Å². The summed E-state index contributed by atoms with van der Waals surface area (Å²) in [7, 11) is 2.11. The van der Waals surface area contributed by atoms with Gasteiger partial charge in [0.15, 0.2) is 0 Å². The average molecular weight is 244 g/mol. The Kier molecular flexibility index (Phi) is 2.93. The number of fused-ring (bicyclic) bond motifs is 1. The Morgan fingerprint density at radius 2 is 1.94 bits per heavy atom. The molecule has 3 nitrogen and oxygen atoms in total. The maximum atomic E-state index is 8.69. The third-order valence-corrected chi connectivity index (χ3v) is 3.80. The van der Waals surface area contributed by atoms with Crippen LogP contribution in [0.15, 0.2) is 23.4 Å². The van der Waals surface area contributed by atoms with Crippen molar-refractivity contribution < 1.29 is 5.21 Å². The van der Waals surface area contributed by atoms with Gasteiger partial charge in [0, 0.05) is 18.3 Å². The van der Waals surface area contributed by atoms with Crippen LogP contribution in [0.4, 0.5) is 5.69 Å². The third-order valence-electron chi connectivity index (χ3n) is 3.80. The molecule has 0 atom stereocenters. The van der Waals surface area contributed by atoms with E-state index in [1.807, 2.05) is 6.92 Å². The second-order valence-corrected chi connectivity index (χ2v) is 5.51. The lowest BCUT2D eigenvalue weighted by Gasteiger charge is -2.41. The number of rotatable bonds is 1. The highest BCUT2D eigenvalue weighted by Crippen LogP contribution is 2.38. The topological polar surface area (TPSA) is 35.8 Å². The van der Waals surface area contributed by atoms with Crippen LogP contribution in [0.5, 0.6) is 0 Å². The molecule has 0 radical (unpaired) electrons. The van der Waals surface area contributed by atoms with E-state index in [1.54, 1.807) is 0 Å². The third kappa shape index (κ3) is 1.90. The van der Waals surface area contributed by atoms with Crippen molar-refractivity contribution >= 4 is 17.5 Å². The van der Waals surface area contributed by atoms with Crippen LogP contribution in [0.1, 0.15) is 37.5 Å². The highest BCUT2D eigenvalue weighted by molar-refractivity contribution is 5.89. The monoisotopic (exact) mass is 244 g/mol. The van der Waals surface area contributed by atoms with E-state index < -0.39 is 0 Å². The van der Waals surface area contributed by atoms with Crippen molar-refractivity contribution in [1.29, 1.82) is 0 Å². The summed E-state index contributed by atoms with van der Waals surface area (Å²) in [5.41, 5.74) is 5.79. The summed E-state index contributed by atoms with van der Waals surface area (Å²) in [5, 5.41) is 11.8. The van der Waals surface area contributed by atoms with Gasteiger partial charge in [0.2, 0.25) is 0 Å². The number of aryl methyl sites for hydroxylation is 1. The van der Waals surface area contributed by atoms with E-state index in [1.165, 1.54) is 23.0 Å². The second kappa shape index (κ2) is 4.16. The maximum Gasteiger partial charge on any atom is 0.0736 e. The molecule has 1 aromatic rings. The lowest BCUT2D eigenvalue weighted by atomic mass is 9.87. The van der Waals surface area contributed by atoms with Crippen LogP contribution in [-0.2, 0) is 0 Å². The van der Waals surface area contributed by atoms with Crippen LogP contribution in [0.25, 0.3) is 5.57 Å². The molecule has 0 unspecified atom stereocenters. The van der Waals surface area contributed by atoms with Crippen molar-refractivity contribution in [2.24, 2.45) is 5.16 Å². The first-order valence-corrected chi connectivity index (χ1v) is 6.12. The van der Waals surface area contributed by atoms with Crippen molar-refractivity contribution in [3.05, 3.63) is 34.9 Å². The van der Waals surface area contributed by atoms with Crippen LogP contribution >= 0.6 is 0 Å².